The molecule has 0 aliphatic rings. The van der Waals surface area contributed by atoms with Gasteiger partial charge >= 0.3 is 23.0 Å². The number of carboxylic acid groups (broad SMARTS) is 1. The molecule has 0 amide bonds. The van der Waals surface area contributed by atoms with E-state index in [1.165, 1.54) is 0 Å². The largest absolute Gasteiger partial charge is 0.477 e. The third-order valence-corrected chi connectivity index (χ3v) is 2.26. The number of nitrogens with two attached hydrogens (primary N) is 2. The first kappa shape index (κ1) is 14.6. The molecular formula is C7H5N5O8. The van der Waals surface area contributed by atoms with E-state index >= 15 is 0 Å². The molecule has 20 heavy (non-hydrogen) atoms. The summed E-state index contributed by atoms with van der Waals surface area (Å²) in [5.41, 5.74) is 2.35. The Morgan fingerprint density at radius 1 is 0.850 bits per heavy atom. The fourth-order valence-corrected chi connectivity index (χ4v) is 1.53. The standard InChI is InChI=1S/C7H5N5O8/c8-2-4(10(15)16)1(7(13)14)5(11(17)18)3(9)6(2)12(19)20/h8-9H2,(H,13,14). The monoisotopic (exact) mass is 287 g/mol. The van der Waals surface area contributed by atoms with Gasteiger partial charge in [-0.15, -0.1) is 0 Å². The van der Waals surface area contributed by atoms with Crippen molar-refractivity contribution in [3.8, 4) is 0 Å². The highest BCUT2D eigenvalue weighted by Gasteiger charge is 2.43. The van der Waals surface area contributed by atoms with Gasteiger partial charge in [-0.2, -0.15) is 0 Å². The molecular weight excluding hydrogens is 282 g/mol. The lowest BCUT2D eigenvalue weighted by molar-refractivity contribution is -0.400. The average Bonchev–Trinajstić information content (AvgIpc) is 2.25. The van der Waals surface area contributed by atoms with Crippen LogP contribution >= 0.6 is 0 Å². The van der Waals surface area contributed by atoms with E-state index in [-0.39, 0.29) is 0 Å². The van der Waals surface area contributed by atoms with Gasteiger partial charge in [0, 0.05) is 0 Å². The fraction of sp³-hybridized carbons (Fsp3) is 0. The van der Waals surface area contributed by atoms with Crippen molar-refractivity contribution in [3.63, 3.8) is 0 Å². The zero-order valence-electron chi connectivity index (χ0n) is 9.30. The van der Waals surface area contributed by atoms with E-state index in [9.17, 15) is 35.1 Å². The zero-order chi connectivity index (χ0) is 15.8. The third-order valence-electron chi connectivity index (χ3n) is 2.26. The van der Waals surface area contributed by atoms with Gasteiger partial charge in [0.1, 0.15) is 0 Å². The maximum absolute atomic E-state index is 10.9. The molecule has 0 aliphatic heterocycles. The second-order valence-corrected chi connectivity index (χ2v) is 3.32. The summed E-state index contributed by atoms with van der Waals surface area (Å²) in [5, 5.41) is 41.1. The first-order valence-electron chi connectivity index (χ1n) is 4.52. The minimum Gasteiger partial charge on any atom is -0.477 e. The molecule has 0 spiro atoms. The topological polar surface area (TPSA) is 219 Å². The molecule has 0 saturated carbocycles. The molecule has 106 valence electrons. The van der Waals surface area contributed by atoms with Crippen molar-refractivity contribution >= 4 is 34.4 Å². The van der Waals surface area contributed by atoms with Gasteiger partial charge in [0.2, 0.25) is 5.56 Å². The molecule has 5 N–H and O–H groups in total. The van der Waals surface area contributed by atoms with Gasteiger partial charge in [-0.25, -0.2) is 4.79 Å². The second-order valence-electron chi connectivity index (χ2n) is 3.32. The normalized spacial score (nSPS) is 10.0. The summed E-state index contributed by atoms with van der Waals surface area (Å²) >= 11 is 0. The summed E-state index contributed by atoms with van der Waals surface area (Å²) in [6.45, 7) is 0. The third kappa shape index (κ3) is 1.98. The van der Waals surface area contributed by atoms with Gasteiger partial charge in [-0.05, 0) is 0 Å². The number of anilines is 2. The van der Waals surface area contributed by atoms with E-state index in [1.54, 1.807) is 0 Å². The Morgan fingerprint density at radius 2 is 1.15 bits per heavy atom. The molecule has 0 fully saturated rings. The summed E-state index contributed by atoms with van der Waals surface area (Å²) < 4.78 is 0. The predicted molar refractivity (Wildman–Crippen MR) is 62.2 cm³/mol. The van der Waals surface area contributed by atoms with Crippen molar-refractivity contribution < 1.29 is 24.7 Å². The van der Waals surface area contributed by atoms with Crippen molar-refractivity contribution in [3.05, 3.63) is 35.9 Å². The quantitative estimate of drug-likeness (QED) is 0.389. The van der Waals surface area contributed by atoms with Crippen molar-refractivity contribution in [2.75, 3.05) is 11.5 Å². The van der Waals surface area contributed by atoms with Gasteiger partial charge in [-0.1, -0.05) is 0 Å². The van der Waals surface area contributed by atoms with Crippen LogP contribution in [0.5, 0.6) is 0 Å². The molecule has 0 aromatic heterocycles. The Kier molecular flexibility index (Phi) is 3.37. The van der Waals surface area contributed by atoms with Crippen LogP contribution in [0.3, 0.4) is 0 Å². The lowest BCUT2D eigenvalue weighted by Crippen LogP contribution is -2.14. The number of nitrogens with zero attached hydrogens (tertiary/aromatic N) is 3. The van der Waals surface area contributed by atoms with Crippen LogP contribution in [0.25, 0.3) is 0 Å². The average molecular weight is 287 g/mol. The minimum atomic E-state index is -2.06. The van der Waals surface area contributed by atoms with Gasteiger partial charge in [0.25, 0.3) is 0 Å². The number of hydrogen-bond donors (Lipinski definition) is 3. The smallest absolute Gasteiger partial charge is 0.350 e. The number of rotatable bonds is 4. The molecule has 1 aromatic rings. The van der Waals surface area contributed by atoms with Gasteiger partial charge in [0.05, 0.1) is 14.8 Å². The van der Waals surface area contributed by atoms with E-state index in [4.69, 9.17) is 16.6 Å². The lowest BCUT2D eigenvalue weighted by Gasteiger charge is -2.06. The summed E-state index contributed by atoms with van der Waals surface area (Å²) in [5.74, 6) is -2.06. The van der Waals surface area contributed by atoms with E-state index in [0.29, 0.717) is 0 Å². The van der Waals surface area contributed by atoms with Crippen LogP contribution in [0.4, 0.5) is 28.4 Å². The molecule has 0 saturated heterocycles. The number of nitro groups is 3. The predicted octanol–water partition coefficient (Wildman–Crippen LogP) is 0.274. The van der Waals surface area contributed by atoms with Gasteiger partial charge in [0.15, 0.2) is 11.4 Å². The van der Waals surface area contributed by atoms with Crippen LogP contribution in [0, 0.1) is 30.3 Å². The van der Waals surface area contributed by atoms with Crippen LogP contribution in [0.15, 0.2) is 0 Å². The summed E-state index contributed by atoms with van der Waals surface area (Å²) in [4.78, 5) is 39.2. The SMILES string of the molecule is Nc1c([N+](=O)[O-])c(N)c([N+](=O)[O-])c(C(=O)O)c1[N+](=O)[O-]. The highest BCUT2D eigenvalue weighted by Crippen LogP contribution is 2.46. The molecule has 0 bridgehead atoms. The molecule has 0 heterocycles. The lowest BCUT2D eigenvalue weighted by atomic mass is 10.1. The number of aromatic carboxylic acids is 1. The van der Waals surface area contributed by atoms with E-state index in [0.717, 1.165) is 0 Å². The van der Waals surface area contributed by atoms with Gasteiger partial charge < -0.3 is 16.6 Å². The van der Waals surface area contributed by atoms with Crippen molar-refractivity contribution in [1.29, 1.82) is 0 Å². The van der Waals surface area contributed by atoms with Crippen LogP contribution in [-0.2, 0) is 0 Å². The highest BCUT2D eigenvalue weighted by molar-refractivity contribution is 6.06. The van der Waals surface area contributed by atoms with Crippen LogP contribution in [-0.4, -0.2) is 25.8 Å². The Labute approximate surface area is 107 Å². The maximum Gasteiger partial charge on any atom is 0.350 e. The molecule has 0 radical (unpaired) electrons. The zero-order valence-corrected chi connectivity index (χ0v) is 9.30. The van der Waals surface area contributed by atoms with Crippen LogP contribution in [0.2, 0.25) is 0 Å². The van der Waals surface area contributed by atoms with Crippen molar-refractivity contribution in [1.82, 2.24) is 0 Å². The Balaban J connectivity index is 4.12. The second kappa shape index (κ2) is 4.63. The number of hydrogen-bond acceptors (Lipinski definition) is 9. The van der Waals surface area contributed by atoms with Crippen LogP contribution in [0.1, 0.15) is 10.4 Å². The Hall–Kier alpha value is -3.51. The highest BCUT2D eigenvalue weighted by atomic mass is 16.6. The summed E-state index contributed by atoms with van der Waals surface area (Å²) in [6, 6.07) is 0. The molecule has 1 aromatic carbocycles. The summed E-state index contributed by atoms with van der Waals surface area (Å²) in [7, 11) is 0. The van der Waals surface area contributed by atoms with E-state index < -0.39 is 54.7 Å². The molecule has 13 nitrogen and oxygen atoms in total. The fourth-order valence-electron chi connectivity index (χ4n) is 1.53. The van der Waals surface area contributed by atoms with Crippen molar-refractivity contribution in [2.24, 2.45) is 0 Å². The number of nitro benzene ring substituents is 3. The Bertz CT molecular complexity index is 627. The number of nitrogen functional groups attached to an aromatic ring is 2. The molecule has 0 atom stereocenters. The Morgan fingerprint density at radius 3 is 1.35 bits per heavy atom. The number of carboxylic acids is 1. The van der Waals surface area contributed by atoms with Crippen LogP contribution < -0.4 is 11.5 Å². The first-order valence-corrected chi connectivity index (χ1v) is 4.52. The molecule has 13 heteroatoms. The molecule has 1 rings (SSSR count). The minimum absolute atomic E-state index is 1.17. The number of benzene rings is 1. The number of carbonyl (C=O) groups is 1. The van der Waals surface area contributed by atoms with E-state index in [1.807, 2.05) is 0 Å². The van der Waals surface area contributed by atoms with Gasteiger partial charge in [-0.3, -0.25) is 30.3 Å². The molecule has 0 aliphatic carbocycles. The summed E-state index contributed by atoms with van der Waals surface area (Å²) in [6.07, 6.45) is 0. The first-order chi connectivity index (χ1) is 9.11. The molecule has 0 unspecified atom stereocenters. The van der Waals surface area contributed by atoms with Crippen molar-refractivity contribution in [2.45, 2.75) is 0 Å². The van der Waals surface area contributed by atoms with E-state index in [2.05, 4.69) is 0 Å². The maximum atomic E-state index is 10.9.